The third-order valence-electron chi connectivity index (χ3n) is 3.32. The Kier molecular flexibility index (Phi) is 6.00. The Morgan fingerprint density at radius 3 is 2.50 bits per heavy atom. The molecule has 1 amide bonds. The molecule has 16 heavy (non-hydrogen) atoms. The molecule has 0 saturated heterocycles. The maximum Gasteiger partial charge on any atom is 0.224 e. The Labute approximate surface area is 99.2 Å². The van der Waals surface area contributed by atoms with Gasteiger partial charge in [0.25, 0.3) is 0 Å². The van der Waals surface area contributed by atoms with Crippen LogP contribution in [0.5, 0.6) is 0 Å². The predicted molar refractivity (Wildman–Crippen MR) is 66.9 cm³/mol. The first-order valence-corrected chi connectivity index (χ1v) is 6.54. The molecule has 1 aliphatic carbocycles. The van der Waals surface area contributed by atoms with Crippen LogP contribution in [-0.2, 0) is 4.79 Å². The molecule has 1 aliphatic rings. The number of carbonyl (C=O) groups is 1. The van der Waals surface area contributed by atoms with E-state index in [4.69, 9.17) is 6.42 Å². The highest BCUT2D eigenvalue weighted by Gasteiger charge is 2.21. The van der Waals surface area contributed by atoms with E-state index in [0.717, 1.165) is 25.7 Å². The van der Waals surface area contributed by atoms with Gasteiger partial charge in [0.1, 0.15) is 0 Å². The number of hydrogen-bond donors (Lipinski definition) is 1. The summed E-state index contributed by atoms with van der Waals surface area (Å²) >= 11 is 0. The van der Waals surface area contributed by atoms with Crippen molar-refractivity contribution in [1.29, 1.82) is 0 Å². The van der Waals surface area contributed by atoms with E-state index < -0.39 is 0 Å². The van der Waals surface area contributed by atoms with Crippen molar-refractivity contribution in [3.05, 3.63) is 0 Å². The molecule has 2 nitrogen and oxygen atoms in total. The minimum atomic E-state index is -0.0687. The van der Waals surface area contributed by atoms with Gasteiger partial charge < -0.3 is 5.32 Å². The molecule has 1 rings (SSSR count). The molecule has 0 heterocycles. The van der Waals surface area contributed by atoms with Crippen LogP contribution in [0.2, 0.25) is 0 Å². The smallest absolute Gasteiger partial charge is 0.224 e. The van der Waals surface area contributed by atoms with Crippen LogP contribution >= 0.6 is 0 Å². The van der Waals surface area contributed by atoms with E-state index in [-0.39, 0.29) is 17.9 Å². The van der Waals surface area contributed by atoms with Crippen molar-refractivity contribution in [3.8, 4) is 12.3 Å². The fourth-order valence-corrected chi connectivity index (χ4v) is 2.32. The van der Waals surface area contributed by atoms with Gasteiger partial charge in [-0.1, -0.05) is 44.9 Å². The second-order valence-corrected chi connectivity index (χ2v) is 4.71. The second-order valence-electron chi connectivity index (χ2n) is 4.71. The largest absolute Gasteiger partial charge is 0.342 e. The van der Waals surface area contributed by atoms with Crippen molar-refractivity contribution in [2.24, 2.45) is 5.92 Å². The molecule has 1 saturated carbocycles. The summed E-state index contributed by atoms with van der Waals surface area (Å²) in [5.41, 5.74) is 0. The Balaban J connectivity index is 2.40. The summed E-state index contributed by atoms with van der Waals surface area (Å²) in [5.74, 6) is 3.04. The van der Waals surface area contributed by atoms with Gasteiger partial charge in [-0.3, -0.25) is 4.79 Å². The Bertz CT molecular complexity index is 246. The van der Waals surface area contributed by atoms with Crippen molar-refractivity contribution >= 4 is 5.91 Å². The van der Waals surface area contributed by atoms with Crippen molar-refractivity contribution in [1.82, 2.24) is 5.32 Å². The van der Waals surface area contributed by atoms with Gasteiger partial charge >= 0.3 is 0 Å². The molecule has 1 N–H and O–H groups in total. The van der Waals surface area contributed by atoms with E-state index in [1.807, 2.05) is 0 Å². The fourth-order valence-electron chi connectivity index (χ4n) is 2.32. The second kappa shape index (κ2) is 7.33. The number of hydrogen-bond acceptors (Lipinski definition) is 1. The normalized spacial score (nSPS) is 19.5. The summed E-state index contributed by atoms with van der Waals surface area (Å²) in [4.78, 5) is 12.0. The minimum absolute atomic E-state index is 0.0687. The highest BCUT2D eigenvalue weighted by atomic mass is 16.1. The molecule has 0 aromatic carbocycles. The van der Waals surface area contributed by atoms with E-state index in [9.17, 15) is 4.79 Å². The summed E-state index contributed by atoms with van der Waals surface area (Å²) in [6.07, 6.45) is 14.3. The summed E-state index contributed by atoms with van der Waals surface area (Å²) in [6.45, 7) is 2.09. The maximum atomic E-state index is 12.0. The average molecular weight is 221 g/mol. The lowest BCUT2D eigenvalue weighted by Gasteiger charge is -2.17. The monoisotopic (exact) mass is 221 g/mol. The van der Waals surface area contributed by atoms with Crippen LogP contribution in [-0.4, -0.2) is 11.9 Å². The van der Waals surface area contributed by atoms with Gasteiger partial charge in [-0.05, 0) is 19.3 Å². The summed E-state index contributed by atoms with van der Waals surface area (Å²) < 4.78 is 0. The highest BCUT2D eigenvalue weighted by molar-refractivity contribution is 5.79. The first-order chi connectivity index (χ1) is 7.77. The average Bonchev–Trinajstić information content (AvgIpc) is 2.56. The van der Waals surface area contributed by atoms with Crippen LogP contribution in [0.4, 0.5) is 0 Å². The van der Waals surface area contributed by atoms with Crippen LogP contribution in [0, 0.1) is 18.3 Å². The number of nitrogens with one attached hydrogen (secondary N) is 1. The van der Waals surface area contributed by atoms with Crippen LogP contribution < -0.4 is 5.32 Å². The Morgan fingerprint density at radius 2 is 2.00 bits per heavy atom. The zero-order chi connectivity index (χ0) is 11.8. The van der Waals surface area contributed by atoms with Gasteiger partial charge in [-0.15, -0.1) is 6.42 Å². The predicted octanol–water partition coefficient (Wildman–Crippen LogP) is 2.87. The molecule has 0 spiro atoms. The standard InChI is InChI=1S/C14H23NO/c1-3-9-13(4-2)15-14(16)12-10-7-5-6-8-11-12/h2,12-13H,3,5-11H2,1H3,(H,15,16). The molecule has 0 bridgehead atoms. The molecule has 2 heteroatoms. The molecule has 0 aromatic heterocycles. The summed E-state index contributed by atoms with van der Waals surface area (Å²) in [7, 11) is 0. The summed E-state index contributed by atoms with van der Waals surface area (Å²) in [6, 6.07) is -0.0687. The molecular weight excluding hydrogens is 198 g/mol. The van der Waals surface area contributed by atoms with E-state index in [1.54, 1.807) is 0 Å². The molecular formula is C14H23NO. The molecule has 0 aliphatic heterocycles. The number of rotatable bonds is 4. The van der Waals surface area contributed by atoms with E-state index in [1.165, 1.54) is 25.7 Å². The van der Waals surface area contributed by atoms with Gasteiger partial charge in [-0.25, -0.2) is 0 Å². The van der Waals surface area contributed by atoms with Gasteiger partial charge in [-0.2, -0.15) is 0 Å². The van der Waals surface area contributed by atoms with Crippen LogP contribution in [0.15, 0.2) is 0 Å². The highest BCUT2D eigenvalue weighted by Crippen LogP contribution is 2.23. The van der Waals surface area contributed by atoms with Crippen molar-refractivity contribution in [2.45, 2.75) is 64.3 Å². The third kappa shape index (κ3) is 4.26. The molecule has 1 unspecified atom stereocenters. The lowest BCUT2D eigenvalue weighted by atomic mass is 9.99. The van der Waals surface area contributed by atoms with E-state index >= 15 is 0 Å². The number of terminal acetylenes is 1. The zero-order valence-electron chi connectivity index (χ0n) is 10.3. The van der Waals surface area contributed by atoms with E-state index in [0.29, 0.717) is 0 Å². The first kappa shape index (κ1) is 13.1. The van der Waals surface area contributed by atoms with Crippen molar-refractivity contribution in [2.75, 3.05) is 0 Å². The minimum Gasteiger partial charge on any atom is -0.342 e. The quantitative estimate of drug-likeness (QED) is 0.574. The van der Waals surface area contributed by atoms with E-state index in [2.05, 4.69) is 18.2 Å². The SMILES string of the molecule is C#CC(CCC)NC(=O)C1CCCCCC1. The maximum absolute atomic E-state index is 12.0. The van der Waals surface area contributed by atoms with Crippen LogP contribution in [0.1, 0.15) is 58.3 Å². The third-order valence-corrected chi connectivity index (χ3v) is 3.32. The molecule has 1 atom stereocenters. The van der Waals surface area contributed by atoms with Crippen molar-refractivity contribution in [3.63, 3.8) is 0 Å². The molecule has 1 fully saturated rings. The molecule has 90 valence electrons. The first-order valence-electron chi connectivity index (χ1n) is 6.54. The van der Waals surface area contributed by atoms with Gasteiger partial charge in [0.05, 0.1) is 6.04 Å². The van der Waals surface area contributed by atoms with Crippen molar-refractivity contribution < 1.29 is 4.79 Å². The number of amides is 1. The lowest BCUT2D eigenvalue weighted by Crippen LogP contribution is -2.38. The van der Waals surface area contributed by atoms with Gasteiger partial charge in [0.15, 0.2) is 0 Å². The van der Waals surface area contributed by atoms with Gasteiger partial charge in [0.2, 0.25) is 5.91 Å². The van der Waals surface area contributed by atoms with Gasteiger partial charge in [0, 0.05) is 5.92 Å². The molecule has 0 radical (unpaired) electrons. The van der Waals surface area contributed by atoms with Crippen LogP contribution in [0.3, 0.4) is 0 Å². The lowest BCUT2D eigenvalue weighted by molar-refractivity contribution is -0.125. The Hall–Kier alpha value is -0.970. The topological polar surface area (TPSA) is 29.1 Å². The van der Waals surface area contributed by atoms with Crippen LogP contribution in [0.25, 0.3) is 0 Å². The molecule has 0 aromatic rings. The zero-order valence-corrected chi connectivity index (χ0v) is 10.3. The fraction of sp³-hybridized carbons (Fsp3) is 0.786. The summed E-state index contributed by atoms with van der Waals surface area (Å²) in [5, 5.41) is 2.99. The number of carbonyl (C=O) groups excluding carboxylic acids is 1. The Morgan fingerprint density at radius 1 is 1.38 bits per heavy atom.